The summed E-state index contributed by atoms with van der Waals surface area (Å²) in [4.78, 5) is 23.0. The van der Waals surface area contributed by atoms with Gasteiger partial charge in [0.15, 0.2) is 6.10 Å². The van der Waals surface area contributed by atoms with E-state index in [4.69, 9.17) is 10.5 Å². The van der Waals surface area contributed by atoms with Crippen LogP contribution in [0.2, 0.25) is 0 Å². The van der Waals surface area contributed by atoms with Crippen LogP contribution in [0.5, 0.6) is 5.75 Å². The van der Waals surface area contributed by atoms with Crippen LogP contribution in [-0.2, 0) is 4.79 Å². The number of amides is 2. The summed E-state index contributed by atoms with van der Waals surface area (Å²) < 4.78 is 6.47. The van der Waals surface area contributed by atoms with E-state index >= 15 is 0 Å². The Morgan fingerprint density at radius 3 is 2.23 bits per heavy atom. The van der Waals surface area contributed by atoms with Crippen LogP contribution in [0, 0.1) is 0 Å². The van der Waals surface area contributed by atoms with E-state index in [-0.39, 0.29) is 5.91 Å². The second-order valence-electron chi connectivity index (χ2n) is 4.64. The van der Waals surface area contributed by atoms with E-state index in [1.807, 2.05) is 12.1 Å². The van der Waals surface area contributed by atoms with Crippen molar-refractivity contribution in [2.75, 3.05) is 5.32 Å². The Labute approximate surface area is 136 Å². The predicted molar refractivity (Wildman–Crippen MR) is 87.8 cm³/mol. The molecule has 0 spiro atoms. The summed E-state index contributed by atoms with van der Waals surface area (Å²) in [5.41, 5.74) is 6.24. The van der Waals surface area contributed by atoms with Gasteiger partial charge >= 0.3 is 0 Å². The van der Waals surface area contributed by atoms with Crippen LogP contribution in [-0.4, -0.2) is 17.9 Å². The molecule has 0 bridgehead atoms. The molecule has 0 aliphatic carbocycles. The fraction of sp³-hybridized carbons (Fsp3) is 0.125. The number of primary amides is 1. The molecule has 0 aliphatic heterocycles. The van der Waals surface area contributed by atoms with E-state index < -0.39 is 12.0 Å². The van der Waals surface area contributed by atoms with Gasteiger partial charge in [-0.3, -0.25) is 9.59 Å². The zero-order valence-corrected chi connectivity index (χ0v) is 13.5. The average molecular weight is 363 g/mol. The number of ether oxygens (including phenoxy) is 1. The summed E-state index contributed by atoms with van der Waals surface area (Å²) in [7, 11) is 0. The number of halogens is 1. The molecule has 0 fully saturated rings. The quantitative estimate of drug-likeness (QED) is 0.857. The third kappa shape index (κ3) is 4.33. The Hall–Kier alpha value is -2.34. The largest absolute Gasteiger partial charge is 0.481 e. The lowest BCUT2D eigenvalue weighted by atomic mass is 10.2. The third-order valence-corrected chi connectivity index (χ3v) is 3.46. The highest BCUT2D eigenvalue weighted by Crippen LogP contribution is 2.16. The molecule has 0 saturated heterocycles. The highest BCUT2D eigenvalue weighted by Gasteiger charge is 2.15. The number of carbonyl (C=O) groups is 2. The zero-order valence-electron chi connectivity index (χ0n) is 11.9. The lowest BCUT2D eigenvalue weighted by molar-refractivity contribution is -0.122. The predicted octanol–water partition coefficient (Wildman–Crippen LogP) is 2.95. The Morgan fingerprint density at radius 1 is 1.09 bits per heavy atom. The van der Waals surface area contributed by atoms with Gasteiger partial charge in [-0.25, -0.2) is 0 Å². The molecule has 1 atom stereocenters. The Kier molecular flexibility index (Phi) is 5.16. The van der Waals surface area contributed by atoms with Crippen molar-refractivity contribution in [3.05, 3.63) is 58.6 Å². The number of carbonyl (C=O) groups excluding carboxylic acids is 2. The first-order chi connectivity index (χ1) is 10.5. The van der Waals surface area contributed by atoms with Gasteiger partial charge < -0.3 is 15.8 Å². The minimum atomic E-state index is -0.678. The van der Waals surface area contributed by atoms with Gasteiger partial charge in [-0.05, 0) is 55.5 Å². The van der Waals surface area contributed by atoms with Crippen molar-refractivity contribution in [1.82, 2.24) is 0 Å². The van der Waals surface area contributed by atoms with Gasteiger partial charge in [-0.2, -0.15) is 0 Å². The van der Waals surface area contributed by atoms with Crippen molar-refractivity contribution in [3.8, 4) is 5.75 Å². The molecule has 6 heteroatoms. The van der Waals surface area contributed by atoms with Crippen molar-refractivity contribution in [3.63, 3.8) is 0 Å². The minimum absolute atomic E-state index is 0.263. The lowest BCUT2D eigenvalue weighted by Crippen LogP contribution is -2.30. The summed E-state index contributed by atoms with van der Waals surface area (Å²) in [5.74, 6) is -0.280. The summed E-state index contributed by atoms with van der Waals surface area (Å²) in [5, 5.41) is 2.76. The normalized spacial score (nSPS) is 11.5. The molecule has 5 nitrogen and oxygen atoms in total. The molecule has 2 aromatic carbocycles. The Balaban J connectivity index is 1.95. The summed E-state index contributed by atoms with van der Waals surface area (Å²) in [6.45, 7) is 1.65. The van der Waals surface area contributed by atoms with Crippen molar-refractivity contribution >= 4 is 33.4 Å². The van der Waals surface area contributed by atoms with E-state index in [0.29, 0.717) is 17.0 Å². The Bertz CT molecular complexity index is 669. The average Bonchev–Trinajstić information content (AvgIpc) is 2.50. The third-order valence-electron chi connectivity index (χ3n) is 2.93. The van der Waals surface area contributed by atoms with Crippen LogP contribution < -0.4 is 15.8 Å². The van der Waals surface area contributed by atoms with Crippen molar-refractivity contribution in [2.45, 2.75) is 13.0 Å². The number of rotatable bonds is 5. The van der Waals surface area contributed by atoms with Crippen LogP contribution in [0.15, 0.2) is 53.0 Å². The molecule has 0 aromatic heterocycles. The molecule has 114 valence electrons. The van der Waals surface area contributed by atoms with E-state index in [2.05, 4.69) is 21.2 Å². The second-order valence-corrected chi connectivity index (χ2v) is 5.56. The number of hydrogen-bond acceptors (Lipinski definition) is 3. The van der Waals surface area contributed by atoms with Crippen LogP contribution in [0.1, 0.15) is 17.3 Å². The van der Waals surface area contributed by atoms with Gasteiger partial charge in [0.25, 0.3) is 5.91 Å². The Morgan fingerprint density at radius 2 is 1.68 bits per heavy atom. The molecule has 1 unspecified atom stereocenters. The van der Waals surface area contributed by atoms with Crippen molar-refractivity contribution in [2.24, 2.45) is 5.73 Å². The number of anilines is 1. The molecule has 22 heavy (non-hydrogen) atoms. The molecule has 2 rings (SSSR count). The monoisotopic (exact) mass is 362 g/mol. The molecule has 3 N–H and O–H groups in total. The fourth-order valence-electron chi connectivity index (χ4n) is 1.73. The zero-order chi connectivity index (χ0) is 16.1. The molecular weight excluding hydrogens is 348 g/mol. The first-order valence-electron chi connectivity index (χ1n) is 6.58. The summed E-state index contributed by atoms with van der Waals surface area (Å²) in [6, 6.07) is 13.6. The maximum atomic E-state index is 12.1. The molecule has 2 amide bonds. The van der Waals surface area contributed by atoms with Crippen LogP contribution in [0.3, 0.4) is 0 Å². The number of nitrogens with one attached hydrogen (secondary N) is 1. The standard InChI is InChI=1S/C16H15BrN2O3/c1-10(16(21)19-13-6-4-12(17)5-7-13)22-14-8-2-11(3-9-14)15(18)20/h2-10H,1H3,(H2,18,20)(H,19,21). The molecule has 0 heterocycles. The van der Waals surface area contributed by atoms with Crippen LogP contribution in [0.4, 0.5) is 5.69 Å². The van der Waals surface area contributed by atoms with E-state index in [1.54, 1.807) is 43.3 Å². The fourth-order valence-corrected chi connectivity index (χ4v) is 2.00. The SMILES string of the molecule is CC(Oc1ccc(C(N)=O)cc1)C(=O)Nc1ccc(Br)cc1. The van der Waals surface area contributed by atoms with Crippen molar-refractivity contribution in [1.29, 1.82) is 0 Å². The van der Waals surface area contributed by atoms with Crippen molar-refractivity contribution < 1.29 is 14.3 Å². The molecule has 0 radical (unpaired) electrons. The maximum Gasteiger partial charge on any atom is 0.265 e. The first-order valence-corrected chi connectivity index (χ1v) is 7.38. The van der Waals surface area contributed by atoms with E-state index in [9.17, 15) is 9.59 Å². The van der Waals surface area contributed by atoms with Crippen LogP contribution in [0.25, 0.3) is 0 Å². The topological polar surface area (TPSA) is 81.4 Å². The molecule has 0 aliphatic rings. The van der Waals surface area contributed by atoms with Gasteiger partial charge in [-0.15, -0.1) is 0 Å². The number of nitrogens with two attached hydrogens (primary N) is 1. The van der Waals surface area contributed by atoms with E-state index in [0.717, 1.165) is 4.47 Å². The number of benzene rings is 2. The minimum Gasteiger partial charge on any atom is -0.481 e. The summed E-state index contributed by atoms with van der Waals surface area (Å²) in [6.07, 6.45) is -0.678. The summed E-state index contributed by atoms with van der Waals surface area (Å²) >= 11 is 3.33. The second kappa shape index (κ2) is 7.09. The van der Waals surface area contributed by atoms with Gasteiger partial charge in [-0.1, -0.05) is 15.9 Å². The van der Waals surface area contributed by atoms with Crippen LogP contribution >= 0.6 is 15.9 Å². The highest BCUT2D eigenvalue weighted by atomic mass is 79.9. The molecule has 2 aromatic rings. The van der Waals surface area contributed by atoms with E-state index in [1.165, 1.54) is 0 Å². The molecule has 0 saturated carbocycles. The highest BCUT2D eigenvalue weighted by molar-refractivity contribution is 9.10. The lowest BCUT2D eigenvalue weighted by Gasteiger charge is -2.15. The van der Waals surface area contributed by atoms with Gasteiger partial charge in [0, 0.05) is 15.7 Å². The molecular formula is C16H15BrN2O3. The number of hydrogen-bond donors (Lipinski definition) is 2. The van der Waals surface area contributed by atoms with Gasteiger partial charge in [0.2, 0.25) is 5.91 Å². The smallest absolute Gasteiger partial charge is 0.265 e. The van der Waals surface area contributed by atoms with Gasteiger partial charge in [0.1, 0.15) is 5.75 Å². The maximum absolute atomic E-state index is 12.1. The first kappa shape index (κ1) is 16.0. The van der Waals surface area contributed by atoms with Gasteiger partial charge in [0.05, 0.1) is 0 Å².